The van der Waals surface area contributed by atoms with Gasteiger partial charge in [0.15, 0.2) is 11.6 Å². The lowest BCUT2D eigenvalue weighted by Crippen LogP contribution is -2.46. The first-order chi connectivity index (χ1) is 14.9. The summed E-state index contributed by atoms with van der Waals surface area (Å²) in [6.45, 7) is 9.32. The van der Waals surface area contributed by atoms with Crippen molar-refractivity contribution < 1.29 is 18.4 Å². The van der Waals surface area contributed by atoms with E-state index in [0.29, 0.717) is 30.7 Å². The number of benzene rings is 1. The Morgan fingerprint density at radius 1 is 1.25 bits per heavy atom. The Kier molecular flexibility index (Phi) is 8.66. The Morgan fingerprint density at radius 3 is 2.50 bits per heavy atom. The van der Waals surface area contributed by atoms with E-state index in [9.17, 15) is 18.4 Å². The molecule has 1 aliphatic rings. The maximum Gasteiger partial charge on any atom is 0.270 e. The van der Waals surface area contributed by atoms with Crippen molar-refractivity contribution in [1.82, 2.24) is 10.2 Å². The second-order valence-electron chi connectivity index (χ2n) is 9.60. The van der Waals surface area contributed by atoms with Crippen LogP contribution in [0.25, 0.3) is 0 Å². The molecule has 2 rings (SSSR count). The number of carbonyl (C=O) groups is 2. The summed E-state index contributed by atoms with van der Waals surface area (Å²) in [6.07, 6.45) is 2.77. The molecule has 32 heavy (non-hydrogen) atoms. The fourth-order valence-electron chi connectivity index (χ4n) is 3.62. The molecule has 1 heterocycles. The molecule has 0 saturated heterocycles. The van der Waals surface area contributed by atoms with Gasteiger partial charge in [0.25, 0.3) is 5.91 Å². The molecule has 1 atom stereocenters. The van der Waals surface area contributed by atoms with Crippen molar-refractivity contribution in [2.75, 3.05) is 20.1 Å². The molecule has 1 aromatic carbocycles. The summed E-state index contributed by atoms with van der Waals surface area (Å²) in [5, 5.41) is 2.72. The minimum absolute atomic E-state index is 0.202. The average Bonchev–Trinajstić information content (AvgIpc) is 3.10. The van der Waals surface area contributed by atoms with Crippen LogP contribution in [0, 0.1) is 17.0 Å². The van der Waals surface area contributed by atoms with Crippen molar-refractivity contribution in [3.63, 3.8) is 0 Å². The number of nitrogens with two attached hydrogens (primary N) is 1. The van der Waals surface area contributed by atoms with Crippen LogP contribution in [0.1, 0.15) is 58.9 Å². The van der Waals surface area contributed by atoms with Crippen LogP contribution in [0.15, 0.2) is 34.5 Å². The fraction of sp³-hybridized carbons (Fsp3) is 0.542. The Balaban J connectivity index is 2.32. The molecule has 1 aromatic rings. The van der Waals surface area contributed by atoms with Crippen molar-refractivity contribution in [2.45, 2.75) is 59.4 Å². The normalized spacial score (nSPS) is 15.2. The van der Waals surface area contributed by atoms with Crippen LogP contribution in [0.3, 0.4) is 0 Å². The third-order valence-corrected chi connectivity index (χ3v) is 5.25. The number of halogens is 2. The number of unbranched alkanes of at least 4 members (excludes halogenated alkanes) is 1. The molecule has 0 aromatic heterocycles. The third-order valence-electron chi connectivity index (χ3n) is 5.25. The summed E-state index contributed by atoms with van der Waals surface area (Å²) >= 11 is 0. The maximum atomic E-state index is 13.8. The van der Waals surface area contributed by atoms with Crippen molar-refractivity contribution >= 4 is 17.5 Å². The molecule has 0 radical (unpaired) electrons. The number of hydrogen-bond donors (Lipinski definition) is 2. The lowest BCUT2D eigenvalue weighted by Gasteiger charge is -2.25. The van der Waals surface area contributed by atoms with E-state index in [1.54, 1.807) is 0 Å². The largest absolute Gasteiger partial charge is 0.368 e. The molecule has 176 valence electrons. The SMILES string of the molecule is CCCCN(C)CC1=C(C(=O)NC(CC(C)(C)C)C(N)=O)N=C(c2ccc(F)c(F)c2)C1. The average molecular weight is 449 g/mol. The van der Waals surface area contributed by atoms with Gasteiger partial charge in [-0.2, -0.15) is 0 Å². The predicted molar refractivity (Wildman–Crippen MR) is 122 cm³/mol. The summed E-state index contributed by atoms with van der Waals surface area (Å²) in [6, 6.07) is 2.74. The van der Waals surface area contributed by atoms with Gasteiger partial charge in [-0.05, 0) is 55.1 Å². The molecule has 0 bridgehead atoms. The van der Waals surface area contributed by atoms with E-state index >= 15 is 0 Å². The molecule has 0 spiro atoms. The number of nitrogens with zero attached hydrogens (tertiary/aromatic N) is 2. The molecular formula is C24H34F2N4O2. The molecule has 0 saturated carbocycles. The van der Waals surface area contributed by atoms with E-state index in [1.807, 2.05) is 27.8 Å². The Hall–Kier alpha value is -2.61. The molecule has 0 aliphatic carbocycles. The summed E-state index contributed by atoms with van der Waals surface area (Å²) in [7, 11) is 1.96. The second kappa shape index (κ2) is 10.8. The van der Waals surface area contributed by atoms with E-state index < -0.39 is 29.5 Å². The van der Waals surface area contributed by atoms with Gasteiger partial charge in [0, 0.05) is 13.0 Å². The van der Waals surface area contributed by atoms with Crippen LogP contribution in [0.4, 0.5) is 8.78 Å². The fourth-order valence-corrected chi connectivity index (χ4v) is 3.62. The van der Waals surface area contributed by atoms with Crippen molar-refractivity contribution in [3.8, 4) is 0 Å². The van der Waals surface area contributed by atoms with Gasteiger partial charge in [-0.1, -0.05) is 40.2 Å². The third kappa shape index (κ3) is 7.22. The zero-order valence-electron chi connectivity index (χ0n) is 19.6. The van der Waals surface area contributed by atoms with E-state index in [4.69, 9.17) is 5.73 Å². The number of nitrogens with one attached hydrogen (secondary N) is 1. The number of primary amides is 1. The first kappa shape index (κ1) is 25.6. The van der Waals surface area contributed by atoms with Gasteiger partial charge in [-0.15, -0.1) is 0 Å². The molecular weight excluding hydrogens is 414 g/mol. The first-order valence-corrected chi connectivity index (χ1v) is 10.9. The second-order valence-corrected chi connectivity index (χ2v) is 9.60. The summed E-state index contributed by atoms with van der Waals surface area (Å²) < 4.78 is 27.1. The number of amides is 2. The molecule has 1 unspecified atom stereocenters. The number of hydrogen-bond acceptors (Lipinski definition) is 4. The first-order valence-electron chi connectivity index (χ1n) is 10.9. The highest BCUT2D eigenvalue weighted by Crippen LogP contribution is 2.27. The van der Waals surface area contributed by atoms with Crippen LogP contribution < -0.4 is 11.1 Å². The monoisotopic (exact) mass is 448 g/mol. The number of aliphatic imine (C=N–C) groups is 1. The number of carbonyl (C=O) groups excluding carboxylic acids is 2. The minimum atomic E-state index is -0.969. The van der Waals surface area contributed by atoms with Gasteiger partial charge in [0.2, 0.25) is 5.91 Å². The molecule has 3 N–H and O–H groups in total. The van der Waals surface area contributed by atoms with E-state index in [2.05, 4.69) is 22.1 Å². The summed E-state index contributed by atoms with van der Waals surface area (Å²) in [5.74, 6) is -3.01. The zero-order valence-corrected chi connectivity index (χ0v) is 19.6. The quantitative estimate of drug-likeness (QED) is 0.574. The van der Waals surface area contributed by atoms with E-state index in [-0.39, 0.29) is 11.1 Å². The standard InChI is InChI=1S/C24H34F2N4O2/c1-6-7-10-30(5)14-16-12-19(15-8-9-17(25)18(26)11-15)28-21(16)23(32)29-20(22(27)31)13-24(2,3)4/h8-9,11,20H,6-7,10,12-14H2,1-5H3,(H2,27,31)(H,29,32). The van der Waals surface area contributed by atoms with Crippen molar-refractivity contribution in [2.24, 2.45) is 16.1 Å². The Morgan fingerprint density at radius 2 is 1.94 bits per heavy atom. The van der Waals surface area contributed by atoms with Gasteiger partial charge < -0.3 is 16.0 Å². The number of likely N-dealkylation sites (N-methyl/N-ethyl adjacent to an activating group) is 1. The van der Waals surface area contributed by atoms with Gasteiger partial charge in [-0.25, -0.2) is 13.8 Å². The molecule has 2 amide bonds. The van der Waals surface area contributed by atoms with Gasteiger partial charge in [-0.3, -0.25) is 9.59 Å². The lowest BCUT2D eigenvalue weighted by molar-refractivity contribution is -0.126. The van der Waals surface area contributed by atoms with Gasteiger partial charge >= 0.3 is 0 Å². The van der Waals surface area contributed by atoms with Gasteiger partial charge in [0.05, 0.1) is 5.71 Å². The van der Waals surface area contributed by atoms with E-state index in [1.165, 1.54) is 6.07 Å². The lowest BCUT2D eigenvalue weighted by atomic mass is 9.88. The highest BCUT2D eigenvalue weighted by molar-refractivity contribution is 6.10. The highest BCUT2D eigenvalue weighted by atomic mass is 19.2. The van der Waals surface area contributed by atoms with Crippen molar-refractivity contribution in [3.05, 3.63) is 46.7 Å². The number of rotatable bonds is 10. The van der Waals surface area contributed by atoms with Crippen LogP contribution in [-0.4, -0.2) is 48.6 Å². The predicted octanol–water partition coefficient (Wildman–Crippen LogP) is 3.55. The van der Waals surface area contributed by atoms with Gasteiger partial charge in [0.1, 0.15) is 11.7 Å². The summed E-state index contributed by atoms with van der Waals surface area (Å²) in [5.41, 5.74) is 7.17. The minimum Gasteiger partial charge on any atom is -0.368 e. The van der Waals surface area contributed by atoms with Crippen molar-refractivity contribution in [1.29, 1.82) is 0 Å². The van der Waals surface area contributed by atoms with Crippen LogP contribution in [0.5, 0.6) is 0 Å². The summed E-state index contributed by atoms with van der Waals surface area (Å²) in [4.78, 5) is 31.6. The van der Waals surface area contributed by atoms with E-state index in [0.717, 1.165) is 37.1 Å². The molecule has 6 nitrogen and oxygen atoms in total. The maximum absolute atomic E-state index is 13.8. The molecule has 1 aliphatic heterocycles. The molecule has 8 heteroatoms. The highest BCUT2D eigenvalue weighted by Gasteiger charge is 2.30. The van der Waals surface area contributed by atoms with Crippen LogP contribution >= 0.6 is 0 Å². The Labute approximate surface area is 189 Å². The zero-order chi connectivity index (χ0) is 24.1. The molecule has 0 fully saturated rings. The topological polar surface area (TPSA) is 87.8 Å². The van der Waals surface area contributed by atoms with Crippen LogP contribution in [-0.2, 0) is 9.59 Å². The smallest absolute Gasteiger partial charge is 0.270 e. The van der Waals surface area contributed by atoms with Crippen LogP contribution in [0.2, 0.25) is 0 Å². The Bertz CT molecular complexity index is 919.